The molecule has 0 unspecified atom stereocenters. The number of rotatable bonds is 4. The molecule has 1 aliphatic heterocycles. The van der Waals surface area contributed by atoms with Crippen molar-refractivity contribution in [3.63, 3.8) is 0 Å². The third kappa shape index (κ3) is 2.94. The molecule has 1 fully saturated rings. The first-order chi connectivity index (χ1) is 11.9. The van der Waals surface area contributed by atoms with E-state index >= 15 is 0 Å². The van der Waals surface area contributed by atoms with Crippen LogP contribution >= 0.6 is 11.6 Å². The summed E-state index contributed by atoms with van der Waals surface area (Å²) in [4.78, 5) is 38.3. The number of imide groups is 2. The molecule has 3 rings (SSSR count). The van der Waals surface area contributed by atoms with Crippen molar-refractivity contribution in [3.05, 3.63) is 58.9 Å². The summed E-state index contributed by atoms with van der Waals surface area (Å²) < 4.78 is 18.9. The van der Waals surface area contributed by atoms with Crippen LogP contribution in [0.4, 0.5) is 14.9 Å². The highest BCUT2D eigenvalue weighted by Gasteiger charge is 2.45. The molecule has 8 heteroatoms. The van der Waals surface area contributed by atoms with Crippen molar-refractivity contribution in [2.45, 2.75) is 6.54 Å². The smallest absolute Gasteiger partial charge is 0.339 e. The Kier molecular flexibility index (Phi) is 4.41. The molecular weight excluding hydrogens is 351 g/mol. The predicted molar refractivity (Wildman–Crippen MR) is 87.8 cm³/mol. The Morgan fingerprint density at radius 3 is 2.32 bits per heavy atom. The Bertz CT molecular complexity index is 849. The molecule has 0 saturated carbocycles. The fourth-order valence-corrected chi connectivity index (χ4v) is 2.67. The van der Waals surface area contributed by atoms with Gasteiger partial charge in [-0.15, -0.1) is 0 Å². The number of hydrogen-bond acceptors (Lipinski definition) is 4. The first-order valence-electron chi connectivity index (χ1n) is 7.21. The number of ether oxygens (including phenoxy) is 1. The summed E-state index contributed by atoms with van der Waals surface area (Å²) in [6, 6.07) is 9.20. The van der Waals surface area contributed by atoms with Gasteiger partial charge >= 0.3 is 17.8 Å². The molecule has 2 aromatic carbocycles. The molecule has 2 aromatic rings. The summed E-state index contributed by atoms with van der Waals surface area (Å²) in [6.07, 6.45) is 0. The van der Waals surface area contributed by atoms with Crippen molar-refractivity contribution in [1.82, 2.24) is 4.90 Å². The number of halogens is 2. The van der Waals surface area contributed by atoms with Crippen LogP contribution in [-0.4, -0.2) is 29.9 Å². The number of hydrogen-bond donors (Lipinski definition) is 0. The van der Waals surface area contributed by atoms with E-state index in [4.69, 9.17) is 16.3 Å². The van der Waals surface area contributed by atoms with Gasteiger partial charge in [-0.3, -0.25) is 14.5 Å². The first-order valence-corrected chi connectivity index (χ1v) is 7.58. The van der Waals surface area contributed by atoms with Crippen LogP contribution in [0.5, 0.6) is 5.75 Å². The van der Waals surface area contributed by atoms with Gasteiger partial charge in [0.05, 0.1) is 19.3 Å². The number of amides is 4. The largest absolute Gasteiger partial charge is 0.497 e. The standard InChI is InChI=1S/C17H12ClFN2O4/c1-25-11-7-5-10(6-8-11)21-16(23)15(22)20(17(21)24)9-12-13(18)3-2-4-14(12)19/h2-8H,9H2,1H3. The lowest BCUT2D eigenvalue weighted by Crippen LogP contribution is -2.33. The molecule has 1 heterocycles. The summed E-state index contributed by atoms with van der Waals surface area (Å²) in [7, 11) is 1.48. The third-order valence-corrected chi connectivity index (χ3v) is 4.12. The molecule has 0 aliphatic carbocycles. The number of anilines is 1. The quantitative estimate of drug-likeness (QED) is 0.619. The minimum Gasteiger partial charge on any atom is -0.497 e. The number of benzene rings is 2. The summed E-state index contributed by atoms with van der Waals surface area (Å²) >= 11 is 5.92. The molecule has 6 nitrogen and oxygen atoms in total. The topological polar surface area (TPSA) is 66.9 Å². The zero-order valence-electron chi connectivity index (χ0n) is 13.0. The van der Waals surface area contributed by atoms with Crippen LogP contribution in [0.15, 0.2) is 42.5 Å². The van der Waals surface area contributed by atoms with Gasteiger partial charge < -0.3 is 4.74 Å². The van der Waals surface area contributed by atoms with E-state index in [1.165, 1.54) is 31.4 Å². The molecule has 4 amide bonds. The number of urea groups is 1. The molecule has 0 bridgehead atoms. The zero-order valence-corrected chi connectivity index (χ0v) is 13.8. The van der Waals surface area contributed by atoms with Crippen LogP contribution in [-0.2, 0) is 16.1 Å². The highest BCUT2D eigenvalue weighted by atomic mass is 35.5. The number of nitrogens with zero attached hydrogens (tertiary/aromatic N) is 2. The van der Waals surface area contributed by atoms with Crippen molar-refractivity contribution in [1.29, 1.82) is 0 Å². The monoisotopic (exact) mass is 362 g/mol. The van der Waals surface area contributed by atoms with E-state index in [1.54, 1.807) is 12.1 Å². The van der Waals surface area contributed by atoms with E-state index < -0.39 is 30.2 Å². The summed E-state index contributed by atoms with van der Waals surface area (Å²) in [5.41, 5.74) is 0.182. The van der Waals surface area contributed by atoms with Crippen molar-refractivity contribution in [2.75, 3.05) is 12.0 Å². The maximum atomic E-state index is 13.9. The number of carbonyl (C=O) groups is 3. The molecule has 0 aromatic heterocycles. The van der Waals surface area contributed by atoms with E-state index in [9.17, 15) is 18.8 Å². The van der Waals surface area contributed by atoms with Crippen LogP contribution in [0.2, 0.25) is 5.02 Å². The molecule has 1 saturated heterocycles. The second-order valence-corrected chi connectivity index (χ2v) is 5.62. The van der Waals surface area contributed by atoms with Crippen molar-refractivity contribution < 1.29 is 23.5 Å². The SMILES string of the molecule is COc1ccc(N2C(=O)C(=O)N(Cc3c(F)cccc3Cl)C2=O)cc1. The molecule has 0 atom stereocenters. The lowest BCUT2D eigenvalue weighted by molar-refractivity contribution is -0.139. The fourth-order valence-electron chi connectivity index (χ4n) is 2.45. The van der Waals surface area contributed by atoms with Crippen LogP contribution in [0.3, 0.4) is 0 Å². The van der Waals surface area contributed by atoms with E-state index in [1.807, 2.05) is 0 Å². The molecule has 25 heavy (non-hydrogen) atoms. The van der Waals surface area contributed by atoms with E-state index in [2.05, 4.69) is 0 Å². The second kappa shape index (κ2) is 6.52. The number of methoxy groups -OCH3 is 1. The van der Waals surface area contributed by atoms with Crippen molar-refractivity contribution >= 4 is 35.1 Å². The Morgan fingerprint density at radius 1 is 1.04 bits per heavy atom. The fraction of sp³-hybridized carbons (Fsp3) is 0.118. The lowest BCUT2D eigenvalue weighted by Gasteiger charge is -2.16. The van der Waals surface area contributed by atoms with Gasteiger partial charge in [0, 0.05) is 10.6 Å². The highest BCUT2D eigenvalue weighted by molar-refractivity contribution is 6.52. The van der Waals surface area contributed by atoms with Gasteiger partial charge in [-0.05, 0) is 36.4 Å². The second-order valence-electron chi connectivity index (χ2n) is 5.21. The zero-order chi connectivity index (χ0) is 18.1. The average Bonchev–Trinajstić information content (AvgIpc) is 2.81. The van der Waals surface area contributed by atoms with Crippen LogP contribution in [0.25, 0.3) is 0 Å². The molecule has 128 valence electrons. The van der Waals surface area contributed by atoms with Gasteiger partial charge in [-0.25, -0.2) is 14.1 Å². The van der Waals surface area contributed by atoms with E-state index in [0.717, 1.165) is 11.0 Å². The lowest BCUT2D eigenvalue weighted by atomic mass is 10.2. The molecule has 0 N–H and O–H groups in total. The van der Waals surface area contributed by atoms with E-state index in [0.29, 0.717) is 10.6 Å². The third-order valence-electron chi connectivity index (χ3n) is 3.76. The van der Waals surface area contributed by atoms with Gasteiger partial charge in [-0.1, -0.05) is 17.7 Å². The maximum absolute atomic E-state index is 13.9. The molecule has 1 aliphatic rings. The maximum Gasteiger partial charge on any atom is 0.339 e. The van der Waals surface area contributed by atoms with Crippen molar-refractivity contribution in [2.24, 2.45) is 0 Å². The van der Waals surface area contributed by atoms with Crippen LogP contribution < -0.4 is 9.64 Å². The minimum atomic E-state index is -1.04. The van der Waals surface area contributed by atoms with Crippen molar-refractivity contribution in [3.8, 4) is 5.75 Å². The normalized spacial score (nSPS) is 14.4. The predicted octanol–water partition coefficient (Wildman–Crippen LogP) is 2.98. The summed E-state index contributed by atoms with van der Waals surface area (Å²) in [5.74, 6) is -2.18. The number of carbonyl (C=O) groups excluding carboxylic acids is 3. The summed E-state index contributed by atoms with van der Waals surface area (Å²) in [5, 5.41) is 0.0657. The molecule has 0 spiro atoms. The van der Waals surface area contributed by atoms with E-state index in [-0.39, 0.29) is 16.3 Å². The average molecular weight is 363 g/mol. The van der Waals surface area contributed by atoms with Gasteiger partial charge in [0.1, 0.15) is 11.6 Å². The van der Waals surface area contributed by atoms with Gasteiger partial charge in [0.25, 0.3) is 0 Å². The Morgan fingerprint density at radius 2 is 1.72 bits per heavy atom. The Hall–Kier alpha value is -2.93. The minimum absolute atomic E-state index is 0.0322. The van der Waals surface area contributed by atoms with Gasteiger partial charge in [0.15, 0.2) is 0 Å². The molecular formula is C17H12ClFN2O4. The Labute approximate surface area is 147 Å². The summed E-state index contributed by atoms with van der Waals surface area (Å²) in [6.45, 7) is -0.429. The van der Waals surface area contributed by atoms with Crippen LogP contribution in [0, 0.1) is 5.82 Å². The first kappa shape index (κ1) is 16.9. The molecule has 0 radical (unpaired) electrons. The van der Waals surface area contributed by atoms with Crippen LogP contribution in [0.1, 0.15) is 5.56 Å². The van der Waals surface area contributed by atoms with Gasteiger partial charge in [-0.2, -0.15) is 0 Å². The highest BCUT2D eigenvalue weighted by Crippen LogP contribution is 2.27. The Balaban J connectivity index is 1.91. The van der Waals surface area contributed by atoms with Gasteiger partial charge in [0.2, 0.25) is 0 Å².